The van der Waals surface area contributed by atoms with Gasteiger partial charge in [-0.1, -0.05) is 11.6 Å². The minimum atomic E-state index is 0.551. The van der Waals surface area contributed by atoms with Crippen molar-refractivity contribution in [2.24, 2.45) is 0 Å². The van der Waals surface area contributed by atoms with Crippen LogP contribution in [0.25, 0.3) is 0 Å². The zero-order chi connectivity index (χ0) is 12.3. The molecule has 4 heteroatoms. The molecule has 1 heterocycles. The summed E-state index contributed by atoms with van der Waals surface area (Å²) in [5, 5.41) is 9.33. The normalized spacial score (nSPS) is 9.71. The number of benzene rings is 1. The summed E-state index contributed by atoms with van der Waals surface area (Å²) in [7, 11) is 1.91. The van der Waals surface area contributed by atoms with Gasteiger partial charge in [0.25, 0.3) is 0 Å². The second kappa shape index (κ2) is 4.86. The van der Waals surface area contributed by atoms with E-state index >= 15 is 0 Å². The Morgan fingerprint density at radius 1 is 1.35 bits per heavy atom. The number of nitriles is 1. The van der Waals surface area contributed by atoms with E-state index in [2.05, 4.69) is 11.1 Å². The van der Waals surface area contributed by atoms with E-state index in [0.717, 1.165) is 11.4 Å². The Labute approximate surface area is 105 Å². The minimum absolute atomic E-state index is 0.551. The molecule has 0 radical (unpaired) electrons. The highest BCUT2D eigenvalue weighted by atomic mass is 35.5. The number of nitrogens with zero attached hydrogens (tertiary/aromatic N) is 3. The van der Waals surface area contributed by atoms with Crippen molar-refractivity contribution >= 4 is 23.0 Å². The maximum absolute atomic E-state index is 8.78. The Hall–Kier alpha value is -2.05. The van der Waals surface area contributed by atoms with E-state index in [0.29, 0.717) is 10.6 Å². The fourth-order valence-electron chi connectivity index (χ4n) is 1.54. The van der Waals surface area contributed by atoms with Crippen LogP contribution in [0.15, 0.2) is 42.7 Å². The summed E-state index contributed by atoms with van der Waals surface area (Å²) in [4.78, 5) is 5.98. The largest absolute Gasteiger partial charge is 0.342 e. The van der Waals surface area contributed by atoms with Gasteiger partial charge < -0.3 is 4.90 Å². The number of pyridine rings is 1. The van der Waals surface area contributed by atoms with Crippen LogP contribution in [0.1, 0.15) is 5.56 Å². The molecular formula is C13H10ClN3. The van der Waals surface area contributed by atoms with Gasteiger partial charge in [0.15, 0.2) is 0 Å². The van der Waals surface area contributed by atoms with E-state index in [4.69, 9.17) is 16.9 Å². The van der Waals surface area contributed by atoms with Gasteiger partial charge >= 0.3 is 0 Å². The van der Waals surface area contributed by atoms with Crippen molar-refractivity contribution in [2.75, 3.05) is 11.9 Å². The summed E-state index contributed by atoms with van der Waals surface area (Å²) in [5.41, 5.74) is 2.34. The van der Waals surface area contributed by atoms with E-state index in [1.807, 2.05) is 30.1 Å². The summed E-state index contributed by atoms with van der Waals surface area (Å²) in [6.45, 7) is 0. The zero-order valence-corrected chi connectivity index (χ0v) is 10.0. The standard InChI is InChI=1S/C13H10ClN3/c1-17(11-3-2-6-16-9-11)13-5-4-10(8-15)7-12(13)14/h2-7,9H,1H3. The maximum Gasteiger partial charge on any atom is 0.0992 e. The molecule has 0 aliphatic rings. The predicted octanol–water partition coefficient (Wildman–Crippen LogP) is 3.37. The second-order valence-electron chi connectivity index (χ2n) is 3.55. The Balaban J connectivity index is 2.39. The monoisotopic (exact) mass is 243 g/mol. The van der Waals surface area contributed by atoms with Crippen molar-refractivity contribution in [3.8, 4) is 6.07 Å². The molecule has 2 aromatic rings. The van der Waals surface area contributed by atoms with Crippen molar-refractivity contribution in [3.05, 3.63) is 53.3 Å². The van der Waals surface area contributed by atoms with Gasteiger partial charge in [-0.05, 0) is 30.3 Å². The van der Waals surface area contributed by atoms with Crippen molar-refractivity contribution in [1.29, 1.82) is 5.26 Å². The summed E-state index contributed by atoms with van der Waals surface area (Å²) >= 11 is 6.14. The lowest BCUT2D eigenvalue weighted by Crippen LogP contribution is -2.10. The fraction of sp³-hybridized carbons (Fsp3) is 0.0769. The van der Waals surface area contributed by atoms with Gasteiger partial charge in [-0.3, -0.25) is 4.98 Å². The summed E-state index contributed by atoms with van der Waals surface area (Å²) in [6.07, 6.45) is 3.48. The molecule has 3 nitrogen and oxygen atoms in total. The van der Waals surface area contributed by atoms with Gasteiger partial charge in [-0.25, -0.2) is 0 Å². The zero-order valence-electron chi connectivity index (χ0n) is 9.26. The molecule has 1 aromatic heterocycles. The average molecular weight is 244 g/mol. The Morgan fingerprint density at radius 2 is 2.18 bits per heavy atom. The smallest absolute Gasteiger partial charge is 0.0992 e. The van der Waals surface area contributed by atoms with Crippen LogP contribution < -0.4 is 4.90 Å². The number of rotatable bonds is 2. The van der Waals surface area contributed by atoms with Crippen LogP contribution in [-0.4, -0.2) is 12.0 Å². The molecule has 84 valence electrons. The highest BCUT2D eigenvalue weighted by Crippen LogP contribution is 2.30. The second-order valence-corrected chi connectivity index (χ2v) is 3.96. The third kappa shape index (κ3) is 2.38. The van der Waals surface area contributed by atoms with Gasteiger partial charge in [0.1, 0.15) is 0 Å². The van der Waals surface area contributed by atoms with Gasteiger partial charge in [0.05, 0.1) is 34.2 Å². The third-order valence-electron chi connectivity index (χ3n) is 2.47. The first-order chi connectivity index (χ1) is 8.22. The molecule has 1 aromatic carbocycles. The van der Waals surface area contributed by atoms with Crippen molar-refractivity contribution in [2.45, 2.75) is 0 Å². The van der Waals surface area contributed by atoms with Crippen LogP contribution >= 0.6 is 11.6 Å². The summed E-state index contributed by atoms with van der Waals surface area (Å²) in [6, 6.07) is 11.1. The predicted molar refractivity (Wildman–Crippen MR) is 68.5 cm³/mol. The van der Waals surface area contributed by atoms with Crippen LogP contribution in [0.3, 0.4) is 0 Å². The summed E-state index contributed by atoms with van der Waals surface area (Å²) < 4.78 is 0. The molecule has 0 aliphatic heterocycles. The highest BCUT2D eigenvalue weighted by Gasteiger charge is 2.08. The van der Waals surface area contributed by atoms with E-state index < -0.39 is 0 Å². The van der Waals surface area contributed by atoms with Crippen molar-refractivity contribution in [3.63, 3.8) is 0 Å². The molecule has 0 amide bonds. The van der Waals surface area contributed by atoms with E-state index in [9.17, 15) is 0 Å². The lowest BCUT2D eigenvalue weighted by atomic mass is 10.2. The van der Waals surface area contributed by atoms with Gasteiger partial charge in [0.2, 0.25) is 0 Å². The lowest BCUT2D eigenvalue weighted by molar-refractivity contribution is 1.17. The summed E-state index contributed by atoms with van der Waals surface area (Å²) in [5.74, 6) is 0. The fourth-order valence-corrected chi connectivity index (χ4v) is 1.85. The number of anilines is 2. The van der Waals surface area contributed by atoms with Crippen LogP contribution in [-0.2, 0) is 0 Å². The molecule has 0 bridgehead atoms. The van der Waals surface area contributed by atoms with Crippen molar-refractivity contribution < 1.29 is 0 Å². The molecule has 0 unspecified atom stereocenters. The molecule has 0 spiro atoms. The average Bonchev–Trinajstić information content (AvgIpc) is 2.39. The van der Waals surface area contributed by atoms with Crippen molar-refractivity contribution in [1.82, 2.24) is 4.98 Å². The number of aromatic nitrogens is 1. The first-order valence-corrected chi connectivity index (χ1v) is 5.43. The highest BCUT2D eigenvalue weighted by molar-refractivity contribution is 6.33. The number of hydrogen-bond donors (Lipinski definition) is 0. The lowest BCUT2D eigenvalue weighted by Gasteiger charge is -2.20. The SMILES string of the molecule is CN(c1cccnc1)c1ccc(C#N)cc1Cl. The van der Waals surface area contributed by atoms with Crippen LogP contribution in [0, 0.1) is 11.3 Å². The molecule has 0 saturated heterocycles. The van der Waals surface area contributed by atoms with Crippen LogP contribution in [0.5, 0.6) is 0 Å². The third-order valence-corrected chi connectivity index (χ3v) is 2.77. The first kappa shape index (κ1) is 11.4. The molecule has 0 saturated carbocycles. The van der Waals surface area contributed by atoms with Crippen LogP contribution in [0.2, 0.25) is 5.02 Å². The van der Waals surface area contributed by atoms with E-state index in [-0.39, 0.29) is 0 Å². The van der Waals surface area contributed by atoms with Gasteiger partial charge in [0, 0.05) is 13.2 Å². The van der Waals surface area contributed by atoms with E-state index in [1.54, 1.807) is 24.5 Å². The Morgan fingerprint density at radius 3 is 2.76 bits per heavy atom. The molecule has 0 N–H and O–H groups in total. The molecule has 17 heavy (non-hydrogen) atoms. The molecular weight excluding hydrogens is 234 g/mol. The van der Waals surface area contributed by atoms with E-state index in [1.165, 1.54) is 0 Å². The maximum atomic E-state index is 8.78. The number of hydrogen-bond acceptors (Lipinski definition) is 3. The van der Waals surface area contributed by atoms with Gasteiger partial charge in [-0.2, -0.15) is 5.26 Å². The Bertz CT molecular complexity index is 561. The molecule has 0 aliphatic carbocycles. The number of halogens is 1. The molecule has 0 atom stereocenters. The molecule has 2 rings (SSSR count). The Kier molecular flexibility index (Phi) is 3.27. The first-order valence-electron chi connectivity index (χ1n) is 5.06. The quantitative estimate of drug-likeness (QED) is 0.812. The minimum Gasteiger partial charge on any atom is -0.342 e. The van der Waals surface area contributed by atoms with Crippen LogP contribution in [0.4, 0.5) is 11.4 Å². The topological polar surface area (TPSA) is 39.9 Å². The van der Waals surface area contributed by atoms with Gasteiger partial charge in [-0.15, -0.1) is 0 Å². The molecule has 0 fully saturated rings.